The summed E-state index contributed by atoms with van der Waals surface area (Å²) >= 11 is 0. The molecule has 0 radical (unpaired) electrons. The van der Waals surface area contributed by atoms with Gasteiger partial charge in [0.2, 0.25) is 11.8 Å². The van der Waals surface area contributed by atoms with E-state index in [2.05, 4.69) is 10.6 Å². The molecule has 1 aliphatic heterocycles. The van der Waals surface area contributed by atoms with Crippen LogP contribution in [-0.2, 0) is 20.7 Å². The van der Waals surface area contributed by atoms with Crippen LogP contribution in [0.4, 0.5) is 16.2 Å². The van der Waals surface area contributed by atoms with Gasteiger partial charge in [-0.3, -0.25) is 9.59 Å². The number of hydrogen-bond acceptors (Lipinski definition) is 4. The predicted molar refractivity (Wildman–Crippen MR) is 95.6 cm³/mol. The Morgan fingerprint density at radius 3 is 2.56 bits per heavy atom. The third-order valence-electron chi connectivity index (χ3n) is 3.82. The number of fused-ring (bicyclic) bond motifs is 1. The standard InChI is InChI=1S/C18H25N3O4/c1-11(19-17(24)25-18(2,3)4)16(23)20-13-7-8-14-12(10-13)6-9-15(22)21(14)5/h7-8,10-11H,6,9H2,1-5H3,(H,19,24)(H,20,23)/t11-/m1/s1. The van der Waals surface area contributed by atoms with E-state index in [1.807, 2.05) is 12.1 Å². The van der Waals surface area contributed by atoms with Crippen molar-refractivity contribution < 1.29 is 19.1 Å². The highest BCUT2D eigenvalue weighted by molar-refractivity contribution is 5.98. The van der Waals surface area contributed by atoms with E-state index in [9.17, 15) is 14.4 Å². The van der Waals surface area contributed by atoms with E-state index in [1.165, 1.54) is 0 Å². The molecule has 7 nitrogen and oxygen atoms in total. The Labute approximate surface area is 147 Å². The summed E-state index contributed by atoms with van der Waals surface area (Å²) in [7, 11) is 1.74. The first-order chi connectivity index (χ1) is 11.6. The summed E-state index contributed by atoms with van der Waals surface area (Å²) in [5, 5.41) is 5.28. The van der Waals surface area contributed by atoms with E-state index in [1.54, 1.807) is 45.7 Å². The summed E-state index contributed by atoms with van der Waals surface area (Å²) in [4.78, 5) is 37.3. The molecule has 1 aromatic rings. The van der Waals surface area contributed by atoms with Crippen LogP contribution in [0.15, 0.2) is 18.2 Å². The average Bonchev–Trinajstić information content (AvgIpc) is 2.49. The van der Waals surface area contributed by atoms with E-state index in [0.29, 0.717) is 18.5 Å². The van der Waals surface area contributed by atoms with Crippen LogP contribution in [0.5, 0.6) is 0 Å². The maximum absolute atomic E-state index is 12.3. The fourth-order valence-electron chi connectivity index (χ4n) is 2.53. The second kappa shape index (κ2) is 7.13. The number of anilines is 2. The molecular formula is C18H25N3O4. The Morgan fingerprint density at radius 2 is 1.92 bits per heavy atom. The molecule has 136 valence electrons. The zero-order valence-electron chi connectivity index (χ0n) is 15.3. The Kier molecular flexibility index (Phi) is 5.35. The number of aryl methyl sites for hydroxylation is 1. The number of nitrogens with zero attached hydrogens (tertiary/aromatic N) is 1. The van der Waals surface area contributed by atoms with Gasteiger partial charge in [-0.05, 0) is 57.9 Å². The van der Waals surface area contributed by atoms with E-state index in [-0.39, 0.29) is 11.8 Å². The van der Waals surface area contributed by atoms with Gasteiger partial charge in [0, 0.05) is 24.8 Å². The number of ether oxygens (including phenoxy) is 1. The van der Waals surface area contributed by atoms with Gasteiger partial charge < -0.3 is 20.3 Å². The topological polar surface area (TPSA) is 87.7 Å². The molecule has 0 saturated heterocycles. The number of rotatable bonds is 3. The van der Waals surface area contributed by atoms with Crippen molar-refractivity contribution in [1.29, 1.82) is 0 Å². The number of hydrogen-bond donors (Lipinski definition) is 2. The van der Waals surface area contributed by atoms with Crippen LogP contribution in [0.2, 0.25) is 0 Å². The van der Waals surface area contributed by atoms with Gasteiger partial charge in [0.25, 0.3) is 0 Å². The Morgan fingerprint density at radius 1 is 1.24 bits per heavy atom. The van der Waals surface area contributed by atoms with Gasteiger partial charge in [0.1, 0.15) is 11.6 Å². The molecule has 0 unspecified atom stereocenters. The van der Waals surface area contributed by atoms with Crippen LogP contribution in [0.1, 0.15) is 39.7 Å². The SMILES string of the molecule is C[C@@H](NC(=O)OC(C)(C)C)C(=O)Nc1ccc2c(c1)CCC(=O)N2C. The van der Waals surface area contributed by atoms with Gasteiger partial charge in [-0.25, -0.2) is 4.79 Å². The molecule has 7 heteroatoms. The van der Waals surface area contributed by atoms with Crippen molar-refractivity contribution in [3.63, 3.8) is 0 Å². The molecule has 25 heavy (non-hydrogen) atoms. The van der Waals surface area contributed by atoms with E-state index in [0.717, 1.165) is 11.3 Å². The molecule has 0 spiro atoms. The van der Waals surface area contributed by atoms with Crippen molar-refractivity contribution >= 4 is 29.3 Å². The molecule has 0 aromatic heterocycles. The number of amides is 3. The zero-order valence-corrected chi connectivity index (χ0v) is 15.3. The first-order valence-corrected chi connectivity index (χ1v) is 8.26. The molecule has 2 rings (SSSR count). The fourth-order valence-corrected chi connectivity index (χ4v) is 2.53. The summed E-state index contributed by atoms with van der Waals surface area (Å²) in [6.07, 6.45) is 0.464. The van der Waals surface area contributed by atoms with Crippen molar-refractivity contribution in [2.45, 2.75) is 52.2 Å². The number of carbonyl (C=O) groups excluding carboxylic acids is 3. The number of nitrogens with one attached hydrogen (secondary N) is 2. The third kappa shape index (κ3) is 4.95. The second-order valence-corrected chi connectivity index (χ2v) is 7.15. The lowest BCUT2D eigenvalue weighted by Crippen LogP contribution is -2.44. The van der Waals surface area contributed by atoms with Gasteiger partial charge in [-0.2, -0.15) is 0 Å². The molecule has 0 fully saturated rings. The van der Waals surface area contributed by atoms with Crippen molar-refractivity contribution in [2.24, 2.45) is 0 Å². The number of carbonyl (C=O) groups is 3. The van der Waals surface area contributed by atoms with Crippen LogP contribution in [0, 0.1) is 0 Å². The van der Waals surface area contributed by atoms with Gasteiger partial charge in [-0.1, -0.05) is 0 Å². The lowest BCUT2D eigenvalue weighted by molar-refractivity contribution is -0.119. The third-order valence-corrected chi connectivity index (χ3v) is 3.82. The minimum Gasteiger partial charge on any atom is -0.444 e. The van der Waals surface area contributed by atoms with Gasteiger partial charge >= 0.3 is 6.09 Å². The van der Waals surface area contributed by atoms with Crippen molar-refractivity contribution in [3.8, 4) is 0 Å². The highest BCUT2D eigenvalue weighted by Crippen LogP contribution is 2.29. The summed E-state index contributed by atoms with van der Waals surface area (Å²) in [5.41, 5.74) is 1.87. The molecule has 1 aliphatic rings. The fraction of sp³-hybridized carbons (Fsp3) is 0.500. The highest BCUT2D eigenvalue weighted by Gasteiger charge is 2.23. The maximum atomic E-state index is 12.3. The molecule has 1 aromatic carbocycles. The van der Waals surface area contributed by atoms with Gasteiger partial charge in [0.05, 0.1) is 0 Å². The first kappa shape index (κ1) is 18.8. The van der Waals surface area contributed by atoms with Crippen LogP contribution in [0.3, 0.4) is 0 Å². The number of alkyl carbamates (subject to hydrolysis) is 1. The van der Waals surface area contributed by atoms with E-state index < -0.39 is 17.7 Å². The Balaban J connectivity index is 1.99. The molecule has 1 atom stereocenters. The quantitative estimate of drug-likeness (QED) is 0.879. The van der Waals surface area contributed by atoms with Crippen molar-refractivity contribution in [1.82, 2.24) is 5.32 Å². The van der Waals surface area contributed by atoms with Crippen LogP contribution >= 0.6 is 0 Å². The van der Waals surface area contributed by atoms with Crippen LogP contribution in [0.25, 0.3) is 0 Å². The normalized spacial score (nSPS) is 15.2. The summed E-state index contributed by atoms with van der Waals surface area (Å²) in [6, 6.07) is 4.67. The Bertz CT molecular complexity index is 694. The van der Waals surface area contributed by atoms with Crippen LogP contribution < -0.4 is 15.5 Å². The van der Waals surface area contributed by atoms with Crippen molar-refractivity contribution in [3.05, 3.63) is 23.8 Å². The average molecular weight is 347 g/mol. The summed E-state index contributed by atoms with van der Waals surface area (Å²) in [5.74, 6) is -0.259. The van der Waals surface area contributed by atoms with E-state index >= 15 is 0 Å². The monoisotopic (exact) mass is 347 g/mol. The molecule has 0 saturated carbocycles. The minimum absolute atomic E-state index is 0.0828. The largest absolute Gasteiger partial charge is 0.444 e. The minimum atomic E-state index is -0.741. The summed E-state index contributed by atoms with van der Waals surface area (Å²) < 4.78 is 5.14. The van der Waals surface area contributed by atoms with E-state index in [4.69, 9.17) is 4.74 Å². The Hall–Kier alpha value is -2.57. The summed E-state index contributed by atoms with van der Waals surface area (Å²) in [6.45, 7) is 6.86. The van der Waals surface area contributed by atoms with Gasteiger partial charge in [-0.15, -0.1) is 0 Å². The molecule has 0 bridgehead atoms. The molecule has 3 amide bonds. The highest BCUT2D eigenvalue weighted by atomic mass is 16.6. The number of benzene rings is 1. The lowest BCUT2D eigenvalue weighted by atomic mass is 10.0. The van der Waals surface area contributed by atoms with Crippen LogP contribution in [-0.4, -0.2) is 36.6 Å². The molecule has 0 aliphatic carbocycles. The molecule has 2 N–H and O–H groups in total. The predicted octanol–water partition coefficient (Wildman–Crippen LogP) is 2.45. The zero-order chi connectivity index (χ0) is 18.8. The smallest absolute Gasteiger partial charge is 0.408 e. The maximum Gasteiger partial charge on any atom is 0.408 e. The lowest BCUT2D eigenvalue weighted by Gasteiger charge is -2.26. The molecule has 1 heterocycles. The second-order valence-electron chi connectivity index (χ2n) is 7.15. The van der Waals surface area contributed by atoms with Crippen molar-refractivity contribution in [2.75, 3.05) is 17.3 Å². The molecular weight excluding hydrogens is 322 g/mol. The van der Waals surface area contributed by atoms with Gasteiger partial charge in [0.15, 0.2) is 0 Å². The first-order valence-electron chi connectivity index (χ1n) is 8.26.